The van der Waals surface area contributed by atoms with Crippen molar-refractivity contribution in [2.24, 2.45) is 4.99 Å². The van der Waals surface area contributed by atoms with E-state index >= 15 is 0 Å². The molecule has 2 rings (SSSR count). The summed E-state index contributed by atoms with van der Waals surface area (Å²) in [6.07, 6.45) is 1.96. The fraction of sp³-hybridized carbons (Fsp3) is 0.385. The zero-order chi connectivity index (χ0) is 13.1. The van der Waals surface area contributed by atoms with Crippen LogP contribution in [0.15, 0.2) is 22.0 Å². The van der Waals surface area contributed by atoms with Crippen LogP contribution in [-0.2, 0) is 4.79 Å². The Balaban J connectivity index is 2.28. The average Bonchev–Trinajstić information content (AvgIpc) is 2.86. The van der Waals surface area contributed by atoms with Crippen LogP contribution in [0, 0.1) is 6.92 Å². The Kier molecular flexibility index (Phi) is 4.24. The highest BCUT2D eigenvalue weighted by molar-refractivity contribution is 8.18. The van der Waals surface area contributed by atoms with E-state index in [4.69, 9.17) is 0 Å². The number of rotatable bonds is 3. The first-order valence-corrected chi connectivity index (χ1v) is 7.61. The first-order valence-electron chi connectivity index (χ1n) is 5.98. The number of amidine groups is 1. The molecule has 1 saturated heterocycles. The van der Waals surface area contributed by atoms with Crippen molar-refractivity contribution in [3.05, 3.63) is 26.8 Å². The SMILES string of the molecule is CCN=C1S/C(=C/c2ccc(C)s2)C(=O)N1CC. The van der Waals surface area contributed by atoms with Crippen molar-refractivity contribution in [2.45, 2.75) is 20.8 Å². The highest BCUT2D eigenvalue weighted by atomic mass is 32.2. The second-order valence-corrected chi connectivity index (χ2v) is 6.19. The van der Waals surface area contributed by atoms with Crippen LogP contribution in [-0.4, -0.2) is 29.1 Å². The van der Waals surface area contributed by atoms with Gasteiger partial charge < -0.3 is 0 Å². The summed E-state index contributed by atoms with van der Waals surface area (Å²) >= 11 is 3.17. The van der Waals surface area contributed by atoms with Crippen LogP contribution in [0.5, 0.6) is 0 Å². The summed E-state index contributed by atoms with van der Waals surface area (Å²) in [6.45, 7) is 7.40. The van der Waals surface area contributed by atoms with Gasteiger partial charge >= 0.3 is 0 Å². The number of likely N-dealkylation sites (N-methyl/N-ethyl adjacent to an activating group) is 1. The lowest BCUT2D eigenvalue weighted by Gasteiger charge is -2.11. The normalized spacial score (nSPS) is 20.4. The smallest absolute Gasteiger partial charge is 0.266 e. The van der Waals surface area contributed by atoms with Crippen molar-refractivity contribution in [3.63, 3.8) is 0 Å². The Hall–Kier alpha value is -1.07. The van der Waals surface area contributed by atoms with E-state index in [0.717, 1.165) is 14.9 Å². The summed E-state index contributed by atoms with van der Waals surface area (Å²) in [5.41, 5.74) is 0. The van der Waals surface area contributed by atoms with Crippen molar-refractivity contribution >= 4 is 40.2 Å². The van der Waals surface area contributed by atoms with Gasteiger partial charge in [-0.05, 0) is 50.7 Å². The van der Waals surface area contributed by atoms with Crippen molar-refractivity contribution in [1.82, 2.24) is 4.90 Å². The third-order valence-corrected chi connectivity index (χ3v) is 4.52. The number of nitrogens with zero attached hydrogens (tertiary/aromatic N) is 2. The van der Waals surface area contributed by atoms with Crippen molar-refractivity contribution < 1.29 is 4.79 Å². The summed E-state index contributed by atoms with van der Waals surface area (Å²) in [7, 11) is 0. The van der Waals surface area contributed by atoms with Crippen molar-refractivity contribution in [1.29, 1.82) is 0 Å². The van der Waals surface area contributed by atoms with E-state index in [2.05, 4.69) is 18.0 Å². The minimum atomic E-state index is 0.0701. The number of thioether (sulfide) groups is 1. The molecular weight excluding hydrogens is 264 g/mol. The van der Waals surface area contributed by atoms with E-state index in [-0.39, 0.29) is 5.91 Å². The quantitative estimate of drug-likeness (QED) is 0.795. The molecule has 5 heteroatoms. The monoisotopic (exact) mass is 280 g/mol. The van der Waals surface area contributed by atoms with Crippen LogP contribution in [0.25, 0.3) is 6.08 Å². The van der Waals surface area contributed by atoms with E-state index in [1.165, 1.54) is 16.6 Å². The third kappa shape index (κ3) is 2.67. The van der Waals surface area contributed by atoms with Gasteiger partial charge in [-0.3, -0.25) is 14.7 Å². The van der Waals surface area contributed by atoms with Gasteiger partial charge in [0.25, 0.3) is 5.91 Å². The number of aliphatic imine (C=N–C) groups is 1. The molecule has 0 aliphatic carbocycles. The van der Waals surface area contributed by atoms with Gasteiger partial charge in [-0.25, -0.2) is 0 Å². The van der Waals surface area contributed by atoms with E-state index in [1.54, 1.807) is 16.2 Å². The summed E-state index contributed by atoms with van der Waals surface area (Å²) < 4.78 is 0. The number of hydrogen-bond donors (Lipinski definition) is 0. The molecule has 0 atom stereocenters. The molecule has 1 aliphatic rings. The fourth-order valence-electron chi connectivity index (χ4n) is 1.70. The Morgan fingerprint density at radius 1 is 1.39 bits per heavy atom. The standard InChI is InChI=1S/C13H16N2OS2/c1-4-14-13-15(5-2)12(16)11(18-13)8-10-7-6-9(3)17-10/h6-8H,4-5H2,1-3H3/b11-8+,14-13?. The summed E-state index contributed by atoms with van der Waals surface area (Å²) in [5, 5.41) is 0.824. The summed E-state index contributed by atoms with van der Waals surface area (Å²) in [5.74, 6) is 0.0701. The molecule has 0 aromatic carbocycles. The molecule has 1 aromatic rings. The predicted octanol–water partition coefficient (Wildman–Crippen LogP) is 3.37. The third-order valence-electron chi connectivity index (χ3n) is 2.53. The molecule has 0 unspecified atom stereocenters. The van der Waals surface area contributed by atoms with Gasteiger partial charge in [-0.15, -0.1) is 11.3 Å². The molecule has 3 nitrogen and oxygen atoms in total. The Morgan fingerprint density at radius 3 is 2.72 bits per heavy atom. The van der Waals surface area contributed by atoms with Crippen LogP contribution in [0.3, 0.4) is 0 Å². The first kappa shape index (κ1) is 13.4. The van der Waals surface area contributed by atoms with Crippen LogP contribution in [0.2, 0.25) is 0 Å². The van der Waals surface area contributed by atoms with E-state index in [1.807, 2.05) is 26.0 Å². The zero-order valence-electron chi connectivity index (χ0n) is 10.8. The lowest BCUT2D eigenvalue weighted by molar-refractivity contribution is -0.122. The van der Waals surface area contributed by atoms with Gasteiger partial charge in [0.1, 0.15) is 0 Å². The highest BCUT2D eigenvalue weighted by Crippen LogP contribution is 2.33. The fourth-order valence-corrected chi connectivity index (χ4v) is 3.69. The molecule has 18 heavy (non-hydrogen) atoms. The molecule has 0 bridgehead atoms. The Morgan fingerprint density at radius 2 is 2.17 bits per heavy atom. The maximum atomic E-state index is 12.2. The molecule has 0 spiro atoms. The first-order chi connectivity index (χ1) is 8.65. The highest BCUT2D eigenvalue weighted by Gasteiger charge is 2.31. The lowest BCUT2D eigenvalue weighted by Crippen LogP contribution is -2.28. The van der Waals surface area contributed by atoms with Crippen molar-refractivity contribution in [2.75, 3.05) is 13.1 Å². The maximum absolute atomic E-state index is 12.2. The van der Waals surface area contributed by atoms with E-state index in [0.29, 0.717) is 13.1 Å². The Bertz CT molecular complexity index is 517. The topological polar surface area (TPSA) is 32.7 Å². The second-order valence-electron chi connectivity index (χ2n) is 3.87. The largest absolute Gasteiger partial charge is 0.287 e. The number of hydrogen-bond acceptors (Lipinski definition) is 4. The number of thiophene rings is 1. The minimum absolute atomic E-state index is 0.0701. The van der Waals surface area contributed by atoms with Crippen molar-refractivity contribution in [3.8, 4) is 0 Å². The van der Waals surface area contributed by atoms with Crippen LogP contribution in [0.4, 0.5) is 0 Å². The number of aryl methyl sites for hydroxylation is 1. The molecule has 0 saturated carbocycles. The van der Waals surface area contributed by atoms with Crippen LogP contribution >= 0.6 is 23.1 Å². The number of carbonyl (C=O) groups excluding carboxylic acids is 1. The lowest BCUT2D eigenvalue weighted by atomic mass is 10.3. The molecule has 0 N–H and O–H groups in total. The second kappa shape index (κ2) is 5.71. The number of carbonyl (C=O) groups is 1. The van der Waals surface area contributed by atoms with Gasteiger partial charge in [0, 0.05) is 22.8 Å². The molecule has 1 aliphatic heterocycles. The maximum Gasteiger partial charge on any atom is 0.266 e. The zero-order valence-corrected chi connectivity index (χ0v) is 12.4. The van der Waals surface area contributed by atoms with Gasteiger partial charge in [-0.2, -0.15) is 0 Å². The molecule has 1 aromatic heterocycles. The average molecular weight is 280 g/mol. The molecule has 0 radical (unpaired) electrons. The predicted molar refractivity (Wildman–Crippen MR) is 80.0 cm³/mol. The Labute approximate surface area is 116 Å². The minimum Gasteiger partial charge on any atom is -0.287 e. The molecule has 2 heterocycles. The summed E-state index contributed by atoms with van der Waals surface area (Å²) in [4.78, 5) is 21.4. The molecule has 1 amide bonds. The molecule has 96 valence electrons. The van der Waals surface area contributed by atoms with Gasteiger partial charge in [-0.1, -0.05) is 0 Å². The molecular formula is C13H16N2OS2. The van der Waals surface area contributed by atoms with Gasteiger partial charge in [0.15, 0.2) is 5.17 Å². The van der Waals surface area contributed by atoms with E-state index in [9.17, 15) is 4.79 Å². The van der Waals surface area contributed by atoms with Crippen LogP contribution in [0.1, 0.15) is 23.6 Å². The number of amides is 1. The summed E-state index contributed by atoms with van der Waals surface area (Å²) in [6, 6.07) is 4.12. The van der Waals surface area contributed by atoms with E-state index < -0.39 is 0 Å². The van der Waals surface area contributed by atoms with Gasteiger partial charge in [0.05, 0.1) is 4.91 Å². The van der Waals surface area contributed by atoms with Gasteiger partial charge in [0.2, 0.25) is 0 Å². The van der Waals surface area contributed by atoms with Crippen LogP contribution < -0.4 is 0 Å². The molecule has 1 fully saturated rings.